The number of hydrogen-bond donors (Lipinski definition) is 0. The van der Waals surface area contributed by atoms with Crippen LogP contribution in [0.5, 0.6) is 0 Å². The molecule has 0 fully saturated rings. The Morgan fingerprint density at radius 3 is 3.13 bits per heavy atom. The lowest BCUT2D eigenvalue weighted by Crippen LogP contribution is -2.02. The number of thioether (sulfide) groups is 1. The Bertz CT molecular complexity index is 512. The van der Waals surface area contributed by atoms with Gasteiger partial charge in [-0.1, -0.05) is 5.21 Å². The van der Waals surface area contributed by atoms with Crippen molar-refractivity contribution in [3.63, 3.8) is 0 Å². The normalized spacial score (nSPS) is 10.4. The molecule has 5 heteroatoms. The summed E-state index contributed by atoms with van der Waals surface area (Å²) < 4.78 is 1.87. The minimum absolute atomic E-state index is 0.624. The summed E-state index contributed by atoms with van der Waals surface area (Å²) in [7, 11) is 0. The van der Waals surface area contributed by atoms with Gasteiger partial charge in [-0.3, -0.25) is 0 Å². The summed E-state index contributed by atoms with van der Waals surface area (Å²) in [6.07, 6.45) is 2.06. The first-order valence-electron chi connectivity index (χ1n) is 4.57. The molecule has 0 N–H and O–H groups in total. The summed E-state index contributed by atoms with van der Waals surface area (Å²) in [5.41, 5.74) is 2.40. The maximum absolute atomic E-state index is 8.74. The quantitative estimate of drug-likeness (QED) is 0.786. The first-order valence-corrected chi connectivity index (χ1v) is 5.97. The molecule has 15 heavy (non-hydrogen) atoms. The van der Waals surface area contributed by atoms with Crippen LogP contribution in [0.25, 0.3) is 11.0 Å². The predicted octanol–water partition coefficient (Wildman–Crippen LogP) is 1.67. The highest BCUT2D eigenvalue weighted by atomic mass is 32.2. The summed E-state index contributed by atoms with van der Waals surface area (Å²) in [5, 5.41) is 16.8. The fraction of sp³-hybridized carbons (Fsp3) is 0.300. The number of hydrogen-bond acceptors (Lipinski definition) is 4. The van der Waals surface area contributed by atoms with Crippen molar-refractivity contribution >= 4 is 22.8 Å². The van der Waals surface area contributed by atoms with Gasteiger partial charge in [-0.05, 0) is 24.5 Å². The van der Waals surface area contributed by atoms with Crippen molar-refractivity contribution in [3.8, 4) is 6.07 Å². The van der Waals surface area contributed by atoms with E-state index in [0.29, 0.717) is 5.56 Å². The van der Waals surface area contributed by atoms with Crippen LogP contribution in [0.2, 0.25) is 0 Å². The molecule has 0 radical (unpaired) electrons. The minimum Gasteiger partial charge on any atom is -0.244 e. The van der Waals surface area contributed by atoms with Crippen molar-refractivity contribution < 1.29 is 0 Å². The second-order valence-corrected chi connectivity index (χ2v) is 4.11. The van der Waals surface area contributed by atoms with Gasteiger partial charge in [0, 0.05) is 5.75 Å². The molecule has 0 saturated heterocycles. The lowest BCUT2D eigenvalue weighted by Gasteiger charge is -1.99. The van der Waals surface area contributed by atoms with E-state index in [1.165, 1.54) is 0 Å². The molecule has 1 heterocycles. The van der Waals surface area contributed by atoms with E-state index < -0.39 is 0 Å². The van der Waals surface area contributed by atoms with Gasteiger partial charge in [-0.2, -0.15) is 17.0 Å². The maximum atomic E-state index is 8.74. The molecule has 0 amide bonds. The average molecular weight is 218 g/mol. The molecule has 0 aliphatic heterocycles. The Balaban J connectivity index is 2.39. The van der Waals surface area contributed by atoms with E-state index in [4.69, 9.17) is 5.26 Å². The highest BCUT2D eigenvalue weighted by Gasteiger charge is 2.04. The van der Waals surface area contributed by atoms with Gasteiger partial charge in [0.05, 0.1) is 23.7 Å². The molecular weight excluding hydrogens is 208 g/mol. The molecular formula is C10H10N4S. The van der Waals surface area contributed by atoms with Crippen LogP contribution >= 0.6 is 11.8 Å². The smallest absolute Gasteiger partial charge is 0.114 e. The van der Waals surface area contributed by atoms with Gasteiger partial charge in [0.15, 0.2) is 0 Å². The van der Waals surface area contributed by atoms with Gasteiger partial charge in [0.2, 0.25) is 0 Å². The molecule has 4 nitrogen and oxygen atoms in total. The lowest BCUT2D eigenvalue weighted by molar-refractivity contribution is 0.652. The van der Waals surface area contributed by atoms with Gasteiger partial charge >= 0.3 is 0 Å². The second-order valence-electron chi connectivity index (χ2n) is 3.12. The summed E-state index contributed by atoms with van der Waals surface area (Å²) in [6, 6.07) is 7.54. The van der Waals surface area contributed by atoms with Gasteiger partial charge in [-0.15, -0.1) is 5.10 Å². The maximum Gasteiger partial charge on any atom is 0.114 e. The van der Waals surface area contributed by atoms with Crippen molar-refractivity contribution in [2.75, 3.05) is 12.0 Å². The molecule has 0 aliphatic rings. The number of benzene rings is 1. The Morgan fingerprint density at radius 2 is 2.40 bits per heavy atom. The van der Waals surface area contributed by atoms with Gasteiger partial charge in [0.25, 0.3) is 0 Å². The summed E-state index contributed by atoms with van der Waals surface area (Å²) in [6.45, 7) is 0.851. The van der Waals surface area contributed by atoms with E-state index >= 15 is 0 Å². The number of nitriles is 1. The first kappa shape index (κ1) is 9.99. The van der Waals surface area contributed by atoms with Crippen LogP contribution in [0.1, 0.15) is 5.56 Å². The van der Waals surface area contributed by atoms with Crippen molar-refractivity contribution in [1.29, 1.82) is 5.26 Å². The molecule has 1 aromatic carbocycles. The Morgan fingerprint density at radius 1 is 1.53 bits per heavy atom. The number of aryl methyl sites for hydroxylation is 1. The topological polar surface area (TPSA) is 54.5 Å². The standard InChI is InChI=1S/C10H10N4S/c1-15-5-4-14-10-3-2-8(7-11)6-9(10)12-13-14/h2-3,6H,4-5H2,1H3. The summed E-state index contributed by atoms with van der Waals surface area (Å²) in [5.74, 6) is 1.01. The molecule has 0 spiro atoms. The molecule has 2 rings (SSSR count). The number of fused-ring (bicyclic) bond motifs is 1. The molecule has 76 valence electrons. The molecule has 0 unspecified atom stereocenters. The van der Waals surface area contributed by atoms with Crippen LogP contribution in [0.3, 0.4) is 0 Å². The van der Waals surface area contributed by atoms with Gasteiger partial charge in [-0.25, -0.2) is 4.68 Å². The van der Waals surface area contributed by atoms with Crippen molar-refractivity contribution in [1.82, 2.24) is 15.0 Å². The van der Waals surface area contributed by atoms with Crippen LogP contribution in [-0.2, 0) is 6.54 Å². The third-order valence-electron chi connectivity index (χ3n) is 2.15. The largest absolute Gasteiger partial charge is 0.244 e. The highest BCUT2D eigenvalue weighted by molar-refractivity contribution is 7.98. The van der Waals surface area contributed by atoms with E-state index in [0.717, 1.165) is 23.3 Å². The Labute approximate surface area is 91.9 Å². The third-order valence-corrected chi connectivity index (χ3v) is 2.74. The van der Waals surface area contributed by atoms with E-state index in [-0.39, 0.29) is 0 Å². The minimum atomic E-state index is 0.624. The highest BCUT2D eigenvalue weighted by Crippen LogP contribution is 2.13. The molecule has 1 aromatic heterocycles. The Hall–Kier alpha value is -1.54. The van der Waals surface area contributed by atoms with Gasteiger partial charge in [0.1, 0.15) is 5.52 Å². The van der Waals surface area contributed by atoms with Gasteiger partial charge < -0.3 is 0 Å². The predicted molar refractivity (Wildman–Crippen MR) is 60.6 cm³/mol. The Kier molecular flexibility index (Phi) is 2.88. The van der Waals surface area contributed by atoms with Crippen LogP contribution < -0.4 is 0 Å². The van der Waals surface area contributed by atoms with E-state index in [1.807, 2.05) is 10.7 Å². The van der Waals surface area contributed by atoms with Crippen molar-refractivity contribution in [3.05, 3.63) is 23.8 Å². The van der Waals surface area contributed by atoms with Crippen LogP contribution in [0.15, 0.2) is 18.2 Å². The van der Waals surface area contributed by atoms with E-state index in [2.05, 4.69) is 22.6 Å². The monoisotopic (exact) mass is 218 g/mol. The van der Waals surface area contributed by atoms with Crippen molar-refractivity contribution in [2.24, 2.45) is 0 Å². The zero-order valence-electron chi connectivity index (χ0n) is 8.34. The number of aromatic nitrogens is 3. The SMILES string of the molecule is CSCCn1nnc2cc(C#N)ccc21. The lowest BCUT2D eigenvalue weighted by atomic mass is 10.2. The molecule has 0 aliphatic carbocycles. The van der Waals surface area contributed by atoms with E-state index in [1.54, 1.807) is 23.9 Å². The summed E-state index contributed by atoms with van der Waals surface area (Å²) in [4.78, 5) is 0. The average Bonchev–Trinajstić information content (AvgIpc) is 2.68. The zero-order chi connectivity index (χ0) is 10.7. The summed E-state index contributed by atoms with van der Waals surface area (Å²) >= 11 is 1.78. The molecule has 0 saturated carbocycles. The van der Waals surface area contributed by atoms with Crippen molar-refractivity contribution in [2.45, 2.75) is 6.54 Å². The number of rotatable bonds is 3. The fourth-order valence-corrected chi connectivity index (χ4v) is 1.74. The van der Waals surface area contributed by atoms with Crippen LogP contribution in [0, 0.1) is 11.3 Å². The fourth-order valence-electron chi connectivity index (χ4n) is 1.38. The number of nitrogens with zero attached hydrogens (tertiary/aromatic N) is 4. The third kappa shape index (κ3) is 1.95. The molecule has 0 atom stereocenters. The second kappa shape index (κ2) is 4.32. The first-order chi connectivity index (χ1) is 7.35. The zero-order valence-corrected chi connectivity index (χ0v) is 9.16. The molecule has 0 bridgehead atoms. The van der Waals surface area contributed by atoms with Crippen LogP contribution in [-0.4, -0.2) is 27.0 Å². The van der Waals surface area contributed by atoms with E-state index in [9.17, 15) is 0 Å². The van der Waals surface area contributed by atoms with Crippen LogP contribution in [0.4, 0.5) is 0 Å². The molecule has 2 aromatic rings.